The molecule has 0 saturated heterocycles. The van der Waals surface area contributed by atoms with Crippen LogP contribution in [0.3, 0.4) is 0 Å². The third-order valence-corrected chi connectivity index (χ3v) is 2.80. The number of hydrogen-bond donors (Lipinski definition) is 1. The highest BCUT2D eigenvalue weighted by molar-refractivity contribution is 5.04. The molecule has 0 aliphatic heterocycles. The molecular formula is C12H22N2O. The van der Waals surface area contributed by atoms with Gasteiger partial charge in [-0.15, -0.1) is 0 Å². The zero-order chi connectivity index (χ0) is 11.3. The van der Waals surface area contributed by atoms with Gasteiger partial charge in [-0.2, -0.15) is 5.10 Å². The van der Waals surface area contributed by atoms with E-state index in [1.807, 2.05) is 19.3 Å². The maximum absolute atomic E-state index is 10.2. The first-order valence-corrected chi connectivity index (χ1v) is 5.86. The molecule has 3 nitrogen and oxygen atoms in total. The van der Waals surface area contributed by atoms with E-state index in [2.05, 4.69) is 18.9 Å². The van der Waals surface area contributed by atoms with Gasteiger partial charge in [-0.3, -0.25) is 4.68 Å². The van der Waals surface area contributed by atoms with Gasteiger partial charge in [0.2, 0.25) is 0 Å². The summed E-state index contributed by atoms with van der Waals surface area (Å²) in [5, 5.41) is 14.4. The summed E-state index contributed by atoms with van der Waals surface area (Å²) in [5.41, 5.74) is 0.810. The fraction of sp³-hybridized carbons (Fsp3) is 0.750. The van der Waals surface area contributed by atoms with E-state index in [9.17, 15) is 5.11 Å². The van der Waals surface area contributed by atoms with Crippen molar-refractivity contribution in [2.24, 2.45) is 13.0 Å². The molecule has 0 bridgehead atoms. The van der Waals surface area contributed by atoms with E-state index in [4.69, 9.17) is 0 Å². The van der Waals surface area contributed by atoms with Crippen molar-refractivity contribution >= 4 is 0 Å². The number of rotatable bonds is 6. The first-order valence-electron chi connectivity index (χ1n) is 5.86. The topological polar surface area (TPSA) is 38.0 Å². The smallest absolute Gasteiger partial charge is 0.101 e. The van der Waals surface area contributed by atoms with Crippen molar-refractivity contribution in [3.8, 4) is 0 Å². The summed E-state index contributed by atoms with van der Waals surface area (Å²) in [7, 11) is 1.88. The monoisotopic (exact) mass is 210 g/mol. The highest BCUT2D eigenvalue weighted by Gasteiger charge is 2.21. The predicted molar refractivity (Wildman–Crippen MR) is 61.5 cm³/mol. The van der Waals surface area contributed by atoms with Crippen LogP contribution in [0.4, 0.5) is 0 Å². The summed E-state index contributed by atoms with van der Waals surface area (Å²) >= 11 is 0. The minimum Gasteiger partial charge on any atom is -0.386 e. The molecule has 1 unspecified atom stereocenters. The van der Waals surface area contributed by atoms with Crippen molar-refractivity contribution in [1.82, 2.24) is 9.78 Å². The molecule has 0 spiro atoms. The van der Waals surface area contributed by atoms with Crippen LogP contribution in [0.1, 0.15) is 51.3 Å². The quantitative estimate of drug-likeness (QED) is 0.784. The number of aliphatic hydroxyl groups excluding tert-OH is 1. The van der Waals surface area contributed by atoms with E-state index in [0.29, 0.717) is 5.92 Å². The Labute approximate surface area is 92.1 Å². The molecule has 0 fully saturated rings. The van der Waals surface area contributed by atoms with Crippen LogP contribution in [0, 0.1) is 5.92 Å². The third-order valence-electron chi connectivity index (χ3n) is 2.80. The second-order valence-corrected chi connectivity index (χ2v) is 4.20. The fourth-order valence-electron chi connectivity index (χ4n) is 2.03. The Morgan fingerprint density at radius 3 is 2.33 bits per heavy atom. The average Bonchev–Trinajstić information content (AvgIpc) is 2.63. The Balaban J connectivity index is 2.66. The summed E-state index contributed by atoms with van der Waals surface area (Å²) < 4.78 is 1.74. The van der Waals surface area contributed by atoms with Crippen LogP contribution in [-0.2, 0) is 7.05 Å². The summed E-state index contributed by atoms with van der Waals surface area (Å²) in [4.78, 5) is 0. The van der Waals surface area contributed by atoms with Crippen LogP contribution in [0.15, 0.2) is 12.3 Å². The molecule has 1 atom stereocenters. The number of hydrogen-bond acceptors (Lipinski definition) is 2. The van der Waals surface area contributed by atoms with Gasteiger partial charge >= 0.3 is 0 Å². The predicted octanol–water partition coefficient (Wildman–Crippen LogP) is 2.67. The molecule has 86 valence electrons. The molecule has 1 aromatic heterocycles. The fourth-order valence-corrected chi connectivity index (χ4v) is 2.03. The minimum atomic E-state index is -0.397. The van der Waals surface area contributed by atoms with Crippen LogP contribution in [0.25, 0.3) is 0 Å². The molecule has 0 aliphatic rings. The molecule has 1 rings (SSSR count). The van der Waals surface area contributed by atoms with Gasteiger partial charge in [0.05, 0.1) is 5.69 Å². The summed E-state index contributed by atoms with van der Waals surface area (Å²) in [5.74, 6) is 0.356. The van der Waals surface area contributed by atoms with Crippen LogP contribution in [0.2, 0.25) is 0 Å². The second-order valence-electron chi connectivity index (χ2n) is 4.20. The molecule has 15 heavy (non-hydrogen) atoms. The standard InChI is InChI=1S/C12H22N2O/c1-4-6-10(7-5-2)12(15)11-8-9-14(3)13-11/h8-10,12,15H,4-7H2,1-3H3. The molecule has 0 radical (unpaired) electrons. The first-order chi connectivity index (χ1) is 7.19. The van der Waals surface area contributed by atoms with Crippen molar-refractivity contribution in [3.05, 3.63) is 18.0 Å². The summed E-state index contributed by atoms with van der Waals surface area (Å²) in [6, 6.07) is 1.91. The SMILES string of the molecule is CCCC(CCC)C(O)c1ccn(C)n1. The van der Waals surface area contributed by atoms with E-state index in [1.54, 1.807) is 4.68 Å². The Bertz CT molecular complexity index is 277. The largest absolute Gasteiger partial charge is 0.386 e. The molecule has 1 heterocycles. The Morgan fingerprint density at radius 1 is 1.33 bits per heavy atom. The number of aromatic nitrogens is 2. The van der Waals surface area contributed by atoms with Crippen LogP contribution in [-0.4, -0.2) is 14.9 Å². The second kappa shape index (κ2) is 5.91. The lowest BCUT2D eigenvalue weighted by Crippen LogP contribution is -2.13. The molecular weight excluding hydrogens is 188 g/mol. The zero-order valence-electron chi connectivity index (χ0n) is 9.98. The van der Waals surface area contributed by atoms with Crippen LogP contribution >= 0.6 is 0 Å². The molecule has 0 saturated carbocycles. The maximum atomic E-state index is 10.2. The molecule has 1 N–H and O–H groups in total. The normalized spacial score (nSPS) is 13.4. The Hall–Kier alpha value is -0.830. The van der Waals surface area contributed by atoms with E-state index in [-0.39, 0.29) is 0 Å². The van der Waals surface area contributed by atoms with E-state index < -0.39 is 6.10 Å². The van der Waals surface area contributed by atoms with Gasteiger partial charge in [0.1, 0.15) is 6.10 Å². The van der Waals surface area contributed by atoms with Crippen LogP contribution in [0.5, 0.6) is 0 Å². The molecule has 3 heteroatoms. The van der Waals surface area contributed by atoms with Gasteiger partial charge in [-0.1, -0.05) is 26.7 Å². The lowest BCUT2D eigenvalue weighted by atomic mass is 9.91. The summed E-state index contributed by atoms with van der Waals surface area (Å²) in [6.07, 6.45) is 5.87. The van der Waals surface area contributed by atoms with Gasteiger partial charge in [-0.05, 0) is 24.8 Å². The lowest BCUT2D eigenvalue weighted by molar-refractivity contribution is 0.0919. The highest BCUT2D eigenvalue weighted by Crippen LogP contribution is 2.28. The molecule has 0 aromatic carbocycles. The Morgan fingerprint density at radius 2 is 1.93 bits per heavy atom. The van der Waals surface area contributed by atoms with E-state index in [1.165, 1.54) is 0 Å². The van der Waals surface area contributed by atoms with Crippen molar-refractivity contribution in [2.45, 2.75) is 45.6 Å². The van der Waals surface area contributed by atoms with Gasteiger partial charge < -0.3 is 5.11 Å². The average molecular weight is 210 g/mol. The van der Waals surface area contributed by atoms with Crippen molar-refractivity contribution in [1.29, 1.82) is 0 Å². The maximum Gasteiger partial charge on any atom is 0.101 e. The van der Waals surface area contributed by atoms with E-state index >= 15 is 0 Å². The van der Waals surface area contributed by atoms with Gasteiger partial charge in [0.25, 0.3) is 0 Å². The van der Waals surface area contributed by atoms with Crippen molar-refractivity contribution in [3.63, 3.8) is 0 Å². The van der Waals surface area contributed by atoms with Crippen molar-refractivity contribution < 1.29 is 5.11 Å². The summed E-state index contributed by atoms with van der Waals surface area (Å²) in [6.45, 7) is 4.32. The minimum absolute atomic E-state index is 0.356. The first kappa shape index (κ1) is 12.2. The molecule has 0 amide bonds. The van der Waals surface area contributed by atoms with Gasteiger partial charge in [0.15, 0.2) is 0 Å². The van der Waals surface area contributed by atoms with Crippen LogP contribution < -0.4 is 0 Å². The molecule has 1 aromatic rings. The zero-order valence-corrected chi connectivity index (χ0v) is 9.98. The number of aryl methyl sites for hydroxylation is 1. The van der Waals surface area contributed by atoms with Gasteiger partial charge in [0, 0.05) is 13.2 Å². The highest BCUT2D eigenvalue weighted by atomic mass is 16.3. The third kappa shape index (κ3) is 3.34. The lowest BCUT2D eigenvalue weighted by Gasteiger charge is -2.20. The molecule has 0 aliphatic carbocycles. The number of aliphatic hydroxyl groups is 1. The van der Waals surface area contributed by atoms with E-state index in [0.717, 1.165) is 31.4 Å². The van der Waals surface area contributed by atoms with Crippen molar-refractivity contribution in [2.75, 3.05) is 0 Å². The number of nitrogens with zero attached hydrogens (tertiary/aromatic N) is 2. The van der Waals surface area contributed by atoms with Gasteiger partial charge in [-0.25, -0.2) is 0 Å². The Kier molecular flexibility index (Phi) is 4.82.